The first kappa shape index (κ1) is 11.9. The molecule has 0 aliphatic heterocycles. The van der Waals surface area contributed by atoms with E-state index in [2.05, 4.69) is 38.2 Å². The Morgan fingerprint density at radius 2 is 1.73 bits per heavy atom. The van der Waals surface area contributed by atoms with E-state index in [-0.39, 0.29) is 11.5 Å². The topological polar surface area (TPSA) is 29.1 Å². The lowest BCUT2D eigenvalue weighted by molar-refractivity contribution is -0.109. The number of aldehydes is 1. The quantitative estimate of drug-likeness (QED) is 0.768. The molecule has 0 fully saturated rings. The third kappa shape index (κ3) is 2.90. The van der Waals surface area contributed by atoms with Gasteiger partial charge in [0, 0.05) is 0 Å². The van der Waals surface area contributed by atoms with E-state index in [4.69, 9.17) is 0 Å². The van der Waals surface area contributed by atoms with Crippen LogP contribution in [0.1, 0.15) is 37.9 Å². The molecule has 2 heteroatoms. The minimum Gasteiger partial charge on any atom is -0.307 e. The van der Waals surface area contributed by atoms with Crippen LogP contribution in [0, 0.1) is 0 Å². The summed E-state index contributed by atoms with van der Waals surface area (Å²) >= 11 is 0. The van der Waals surface area contributed by atoms with E-state index < -0.39 is 0 Å². The van der Waals surface area contributed by atoms with Gasteiger partial charge in [-0.05, 0) is 23.6 Å². The molecule has 1 rings (SSSR count). The first-order valence-electron chi connectivity index (χ1n) is 5.22. The summed E-state index contributed by atoms with van der Waals surface area (Å²) in [5.41, 5.74) is 2.46. The van der Waals surface area contributed by atoms with E-state index in [0.29, 0.717) is 0 Å². The molecule has 82 valence electrons. The molecule has 0 spiro atoms. The molecule has 0 saturated carbocycles. The average Bonchev–Trinajstić information content (AvgIpc) is 2.19. The van der Waals surface area contributed by atoms with Crippen LogP contribution in [0.5, 0.6) is 0 Å². The maximum Gasteiger partial charge on any atom is 0.141 e. The van der Waals surface area contributed by atoms with Gasteiger partial charge in [0.1, 0.15) is 6.29 Å². The summed E-state index contributed by atoms with van der Waals surface area (Å²) in [6.07, 6.45) is 0.923. The third-order valence-electron chi connectivity index (χ3n) is 2.58. The van der Waals surface area contributed by atoms with Crippen molar-refractivity contribution in [3.8, 4) is 0 Å². The van der Waals surface area contributed by atoms with Gasteiger partial charge >= 0.3 is 0 Å². The normalized spacial score (nSPS) is 13.6. The van der Waals surface area contributed by atoms with Crippen molar-refractivity contribution in [1.82, 2.24) is 5.32 Å². The summed E-state index contributed by atoms with van der Waals surface area (Å²) < 4.78 is 0. The largest absolute Gasteiger partial charge is 0.307 e. The van der Waals surface area contributed by atoms with Crippen LogP contribution in [-0.4, -0.2) is 13.3 Å². The summed E-state index contributed by atoms with van der Waals surface area (Å²) in [7, 11) is 1.79. The Morgan fingerprint density at radius 3 is 2.07 bits per heavy atom. The van der Waals surface area contributed by atoms with Crippen molar-refractivity contribution in [2.24, 2.45) is 0 Å². The maximum absolute atomic E-state index is 10.8. The van der Waals surface area contributed by atoms with Gasteiger partial charge < -0.3 is 10.1 Å². The molecule has 0 saturated heterocycles. The van der Waals surface area contributed by atoms with Gasteiger partial charge in [0.15, 0.2) is 0 Å². The lowest BCUT2D eigenvalue weighted by Crippen LogP contribution is -2.18. The van der Waals surface area contributed by atoms with Crippen LogP contribution >= 0.6 is 0 Å². The highest BCUT2D eigenvalue weighted by atomic mass is 16.1. The Balaban J connectivity index is 2.94. The second-order valence-electron chi connectivity index (χ2n) is 4.77. The fourth-order valence-electron chi connectivity index (χ4n) is 1.50. The molecule has 1 atom stereocenters. The molecule has 0 amide bonds. The highest BCUT2D eigenvalue weighted by Gasteiger charge is 2.14. The molecule has 2 nitrogen and oxygen atoms in total. The van der Waals surface area contributed by atoms with Crippen LogP contribution in [0.15, 0.2) is 24.3 Å². The SMILES string of the molecule is CNC(C=O)c1ccc(C(C)(C)C)cc1. The predicted molar refractivity (Wildman–Crippen MR) is 63.0 cm³/mol. The van der Waals surface area contributed by atoms with E-state index in [0.717, 1.165) is 11.8 Å². The summed E-state index contributed by atoms with van der Waals surface area (Å²) in [6.45, 7) is 6.53. The Hall–Kier alpha value is -1.15. The van der Waals surface area contributed by atoms with Crippen molar-refractivity contribution < 1.29 is 4.79 Å². The molecular formula is C13H19NO. The van der Waals surface area contributed by atoms with Gasteiger partial charge in [0.05, 0.1) is 6.04 Å². The zero-order valence-corrected chi connectivity index (χ0v) is 9.87. The monoisotopic (exact) mass is 205 g/mol. The maximum atomic E-state index is 10.8. The van der Waals surface area contributed by atoms with E-state index in [1.165, 1.54) is 5.56 Å². The number of rotatable bonds is 3. The van der Waals surface area contributed by atoms with E-state index in [1.54, 1.807) is 7.05 Å². The number of nitrogens with one attached hydrogen (secondary N) is 1. The van der Waals surface area contributed by atoms with Gasteiger partial charge in [0.2, 0.25) is 0 Å². The van der Waals surface area contributed by atoms with Crippen molar-refractivity contribution in [2.75, 3.05) is 7.05 Å². The lowest BCUT2D eigenvalue weighted by Gasteiger charge is -2.19. The van der Waals surface area contributed by atoms with Crippen LogP contribution in [0.2, 0.25) is 0 Å². The fourth-order valence-corrected chi connectivity index (χ4v) is 1.50. The molecule has 0 heterocycles. The summed E-state index contributed by atoms with van der Waals surface area (Å²) in [6, 6.07) is 8.00. The van der Waals surface area contributed by atoms with Crippen LogP contribution in [0.3, 0.4) is 0 Å². The van der Waals surface area contributed by atoms with Crippen molar-refractivity contribution in [3.05, 3.63) is 35.4 Å². The number of carbonyl (C=O) groups excluding carboxylic acids is 1. The Kier molecular flexibility index (Phi) is 3.64. The molecule has 0 radical (unpaired) electrons. The minimum absolute atomic E-state index is 0.162. The Labute approximate surface area is 91.7 Å². The van der Waals surface area contributed by atoms with E-state index >= 15 is 0 Å². The van der Waals surface area contributed by atoms with E-state index in [1.807, 2.05) is 12.1 Å². The van der Waals surface area contributed by atoms with Crippen molar-refractivity contribution >= 4 is 6.29 Å². The molecule has 1 aromatic carbocycles. The second kappa shape index (κ2) is 4.58. The number of hydrogen-bond acceptors (Lipinski definition) is 2. The number of likely N-dealkylation sites (N-methyl/N-ethyl adjacent to an activating group) is 1. The van der Waals surface area contributed by atoms with Crippen molar-refractivity contribution in [2.45, 2.75) is 32.2 Å². The highest BCUT2D eigenvalue weighted by molar-refractivity contribution is 5.61. The zero-order valence-electron chi connectivity index (χ0n) is 9.87. The molecule has 0 aliphatic rings. The number of benzene rings is 1. The zero-order chi connectivity index (χ0) is 11.5. The van der Waals surface area contributed by atoms with Gasteiger partial charge in [-0.3, -0.25) is 0 Å². The first-order chi connectivity index (χ1) is 6.99. The van der Waals surface area contributed by atoms with Gasteiger partial charge in [-0.15, -0.1) is 0 Å². The number of hydrogen-bond donors (Lipinski definition) is 1. The fraction of sp³-hybridized carbons (Fsp3) is 0.462. The van der Waals surface area contributed by atoms with Crippen LogP contribution < -0.4 is 5.32 Å². The van der Waals surface area contributed by atoms with Crippen molar-refractivity contribution in [1.29, 1.82) is 0 Å². The molecule has 0 bridgehead atoms. The Morgan fingerprint density at radius 1 is 1.20 bits per heavy atom. The summed E-state index contributed by atoms with van der Waals surface area (Å²) in [5, 5.41) is 2.96. The van der Waals surface area contributed by atoms with Crippen molar-refractivity contribution in [3.63, 3.8) is 0 Å². The Bertz CT molecular complexity index is 321. The lowest BCUT2D eigenvalue weighted by atomic mass is 9.86. The predicted octanol–water partition coefficient (Wildman–Crippen LogP) is 2.44. The first-order valence-corrected chi connectivity index (χ1v) is 5.22. The van der Waals surface area contributed by atoms with Crippen LogP contribution in [-0.2, 0) is 10.2 Å². The van der Waals surface area contributed by atoms with Gasteiger partial charge in [0.25, 0.3) is 0 Å². The average molecular weight is 205 g/mol. The smallest absolute Gasteiger partial charge is 0.141 e. The highest BCUT2D eigenvalue weighted by Crippen LogP contribution is 2.23. The van der Waals surface area contributed by atoms with Crippen LogP contribution in [0.4, 0.5) is 0 Å². The molecule has 0 aliphatic carbocycles. The molecule has 1 aromatic rings. The van der Waals surface area contributed by atoms with Gasteiger partial charge in [-0.25, -0.2) is 0 Å². The van der Waals surface area contributed by atoms with Gasteiger partial charge in [-0.1, -0.05) is 45.0 Å². The molecule has 0 aromatic heterocycles. The molecular weight excluding hydrogens is 186 g/mol. The van der Waals surface area contributed by atoms with Crippen LogP contribution in [0.25, 0.3) is 0 Å². The minimum atomic E-state index is -0.195. The van der Waals surface area contributed by atoms with E-state index in [9.17, 15) is 4.79 Å². The van der Waals surface area contributed by atoms with Gasteiger partial charge in [-0.2, -0.15) is 0 Å². The molecule has 1 N–H and O–H groups in total. The second-order valence-corrected chi connectivity index (χ2v) is 4.77. The molecule has 1 unspecified atom stereocenters. The molecule has 15 heavy (non-hydrogen) atoms. The third-order valence-corrected chi connectivity index (χ3v) is 2.58. The number of carbonyl (C=O) groups is 1. The summed E-state index contributed by atoms with van der Waals surface area (Å²) in [4.78, 5) is 10.8. The summed E-state index contributed by atoms with van der Waals surface area (Å²) in [5.74, 6) is 0. The standard InChI is InChI=1S/C13H19NO/c1-13(2,3)11-7-5-10(6-8-11)12(9-15)14-4/h5-9,12,14H,1-4H3.